The van der Waals surface area contributed by atoms with Crippen molar-refractivity contribution in [2.75, 3.05) is 0 Å². The second kappa shape index (κ2) is 7.12. The number of rotatable bonds is 6. The number of aryl methyl sites for hydroxylation is 1. The molecular weight excluding hydrogens is 302 g/mol. The van der Waals surface area contributed by atoms with E-state index >= 15 is 0 Å². The van der Waals surface area contributed by atoms with Crippen LogP contribution < -0.4 is 0 Å². The first-order valence-corrected chi connectivity index (χ1v) is 6.61. The Hall–Kier alpha value is -3.29. The van der Waals surface area contributed by atoms with Gasteiger partial charge >= 0.3 is 0 Å². The minimum atomic E-state index is -0.488. The van der Waals surface area contributed by atoms with Gasteiger partial charge in [0, 0.05) is 29.3 Å². The maximum atomic E-state index is 10.9. The fourth-order valence-electron chi connectivity index (χ4n) is 1.87. The molecule has 0 saturated carbocycles. The lowest BCUT2D eigenvalue weighted by molar-refractivity contribution is -0.385. The van der Waals surface area contributed by atoms with E-state index in [-0.39, 0.29) is 18.0 Å². The molecule has 0 saturated heterocycles. The Labute approximate surface area is 131 Å². The molecule has 8 heteroatoms. The molecule has 0 aliphatic carbocycles. The van der Waals surface area contributed by atoms with Crippen LogP contribution in [0, 0.1) is 27.2 Å². The average Bonchev–Trinajstić information content (AvgIpc) is 2.53. The Morgan fingerprint density at radius 3 is 2.61 bits per heavy atom. The summed E-state index contributed by atoms with van der Waals surface area (Å²) in [6, 6.07) is 10.7. The largest absolute Gasteiger partial charge is 0.391 e. The van der Waals surface area contributed by atoms with Crippen molar-refractivity contribution in [3.8, 4) is 0 Å². The molecule has 118 valence electrons. The summed E-state index contributed by atoms with van der Waals surface area (Å²) in [7, 11) is 0. The Balaban J connectivity index is 2.00. The Morgan fingerprint density at radius 1 is 1.13 bits per heavy atom. The van der Waals surface area contributed by atoms with E-state index in [1.54, 1.807) is 31.2 Å². The SMILES string of the molecule is Cc1ccc(/C=N\OCc2cccc([N+](=O)[O-])c2)cc1[N+](=O)[O-]. The van der Waals surface area contributed by atoms with E-state index in [2.05, 4.69) is 5.16 Å². The number of hydrogen-bond acceptors (Lipinski definition) is 6. The molecule has 0 fully saturated rings. The van der Waals surface area contributed by atoms with Crippen molar-refractivity contribution in [1.82, 2.24) is 0 Å². The zero-order chi connectivity index (χ0) is 16.8. The highest BCUT2D eigenvalue weighted by atomic mass is 16.6. The molecule has 0 bridgehead atoms. The standard InChI is InChI=1S/C15H13N3O5/c1-11-5-6-12(8-15(11)18(21)22)9-16-23-10-13-3-2-4-14(7-13)17(19)20/h2-9H,10H2,1H3/b16-9-. The highest BCUT2D eigenvalue weighted by Crippen LogP contribution is 2.18. The van der Waals surface area contributed by atoms with Crippen LogP contribution in [0.25, 0.3) is 0 Å². The minimum absolute atomic E-state index is 0.00707. The summed E-state index contributed by atoms with van der Waals surface area (Å²) in [5.41, 5.74) is 1.68. The predicted octanol–water partition coefficient (Wildman–Crippen LogP) is 3.36. The van der Waals surface area contributed by atoms with Crippen LogP contribution in [0.2, 0.25) is 0 Å². The van der Waals surface area contributed by atoms with Crippen molar-refractivity contribution in [3.05, 3.63) is 79.4 Å². The first kappa shape index (κ1) is 16.1. The van der Waals surface area contributed by atoms with Gasteiger partial charge in [0.1, 0.15) is 6.61 Å². The molecule has 0 aliphatic rings. The van der Waals surface area contributed by atoms with Gasteiger partial charge in [0.25, 0.3) is 11.4 Å². The number of hydrogen-bond donors (Lipinski definition) is 0. The van der Waals surface area contributed by atoms with Gasteiger partial charge < -0.3 is 4.84 Å². The molecule has 0 spiro atoms. The highest BCUT2D eigenvalue weighted by Gasteiger charge is 2.10. The zero-order valence-electron chi connectivity index (χ0n) is 12.2. The molecule has 0 N–H and O–H groups in total. The van der Waals surface area contributed by atoms with Gasteiger partial charge in [0.05, 0.1) is 16.1 Å². The molecule has 2 rings (SSSR count). The van der Waals surface area contributed by atoms with Crippen molar-refractivity contribution in [2.24, 2.45) is 5.16 Å². The van der Waals surface area contributed by atoms with Crippen LogP contribution in [-0.4, -0.2) is 16.1 Å². The first-order chi connectivity index (χ1) is 11.0. The predicted molar refractivity (Wildman–Crippen MR) is 83.3 cm³/mol. The van der Waals surface area contributed by atoms with Crippen molar-refractivity contribution < 1.29 is 14.7 Å². The van der Waals surface area contributed by atoms with Crippen LogP contribution in [0.4, 0.5) is 11.4 Å². The van der Waals surface area contributed by atoms with E-state index in [1.807, 2.05) is 0 Å². The van der Waals surface area contributed by atoms with Crippen molar-refractivity contribution >= 4 is 17.6 Å². The lowest BCUT2D eigenvalue weighted by Crippen LogP contribution is -1.94. The average molecular weight is 315 g/mol. The van der Waals surface area contributed by atoms with Crippen molar-refractivity contribution in [2.45, 2.75) is 13.5 Å². The van der Waals surface area contributed by atoms with Gasteiger partial charge in [-0.3, -0.25) is 20.2 Å². The van der Waals surface area contributed by atoms with E-state index in [0.717, 1.165) is 0 Å². The van der Waals surface area contributed by atoms with E-state index in [0.29, 0.717) is 16.7 Å². The van der Waals surface area contributed by atoms with Crippen LogP contribution in [0.1, 0.15) is 16.7 Å². The summed E-state index contributed by atoms with van der Waals surface area (Å²) in [4.78, 5) is 25.6. The second-order valence-electron chi connectivity index (χ2n) is 4.74. The molecule has 0 aliphatic heterocycles. The maximum Gasteiger partial charge on any atom is 0.272 e. The summed E-state index contributed by atoms with van der Waals surface area (Å²) in [5, 5.41) is 25.2. The first-order valence-electron chi connectivity index (χ1n) is 6.61. The Morgan fingerprint density at radius 2 is 1.91 bits per heavy atom. The van der Waals surface area contributed by atoms with Gasteiger partial charge in [-0.2, -0.15) is 0 Å². The van der Waals surface area contributed by atoms with Crippen LogP contribution in [0.5, 0.6) is 0 Å². The molecule has 2 aromatic carbocycles. The molecular formula is C15H13N3O5. The molecule has 0 atom stereocenters. The fourth-order valence-corrected chi connectivity index (χ4v) is 1.87. The molecule has 0 aromatic heterocycles. The van der Waals surface area contributed by atoms with E-state index in [4.69, 9.17) is 4.84 Å². The minimum Gasteiger partial charge on any atom is -0.391 e. The van der Waals surface area contributed by atoms with Gasteiger partial charge in [-0.15, -0.1) is 0 Å². The van der Waals surface area contributed by atoms with Crippen molar-refractivity contribution in [3.63, 3.8) is 0 Å². The topological polar surface area (TPSA) is 108 Å². The Bertz CT molecular complexity index is 773. The second-order valence-corrected chi connectivity index (χ2v) is 4.74. The molecule has 23 heavy (non-hydrogen) atoms. The van der Waals surface area contributed by atoms with Gasteiger partial charge in [-0.1, -0.05) is 29.4 Å². The third kappa shape index (κ3) is 4.34. The molecule has 8 nitrogen and oxygen atoms in total. The van der Waals surface area contributed by atoms with Crippen LogP contribution in [-0.2, 0) is 11.4 Å². The van der Waals surface area contributed by atoms with Crippen LogP contribution >= 0.6 is 0 Å². The quantitative estimate of drug-likeness (QED) is 0.461. The number of nitro benzene ring substituents is 2. The number of nitrogens with zero attached hydrogens (tertiary/aromatic N) is 3. The summed E-state index contributed by atoms with van der Waals surface area (Å²) >= 11 is 0. The van der Waals surface area contributed by atoms with Crippen molar-refractivity contribution in [1.29, 1.82) is 0 Å². The van der Waals surface area contributed by atoms with E-state index in [9.17, 15) is 20.2 Å². The molecule has 0 unspecified atom stereocenters. The van der Waals surface area contributed by atoms with Crippen LogP contribution in [0.3, 0.4) is 0 Å². The van der Waals surface area contributed by atoms with Gasteiger partial charge in [-0.05, 0) is 12.5 Å². The molecule has 0 heterocycles. The monoisotopic (exact) mass is 315 g/mol. The Kier molecular flexibility index (Phi) is 4.98. The fraction of sp³-hybridized carbons (Fsp3) is 0.133. The third-order valence-corrected chi connectivity index (χ3v) is 3.06. The smallest absolute Gasteiger partial charge is 0.272 e. The summed E-state index contributed by atoms with van der Waals surface area (Å²) in [6.45, 7) is 1.71. The van der Waals surface area contributed by atoms with E-state index in [1.165, 1.54) is 24.4 Å². The summed E-state index contributed by atoms with van der Waals surface area (Å²) < 4.78 is 0. The van der Waals surface area contributed by atoms with E-state index < -0.39 is 9.85 Å². The molecule has 2 aromatic rings. The third-order valence-electron chi connectivity index (χ3n) is 3.06. The normalized spacial score (nSPS) is 10.7. The number of non-ortho nitro benzene ring substituents is 1. The number of oxime groups is 1. The molecule has 0 radical (unpaired) electrons. The van der Waals surface area contributed by atoms with Gasteiger partial charge in [-0.25, -0.2) is 0 Å². The number of nitro groups is 2. The molecule has 0 amide bonds. The number of benzene rings is 2. The van der Waals surface area contributed by atoms with Crippen LogP contribution in [0.15, 0.2) is 47.6 Å². The van der Waals surface area contributed by atoms with Gasteiger partial charge in [0.15, 0.2) is 0 Å². The van der Waals surface area contributed by atoms with Gasteiger partial charge in [0.2, 0.25) is 0 Å². The lowest BCUT2D eigenvalue weighted by atomic mass is 10.1. The maximum absolute atomic E-state index is 10.9. The highest BCUT2D eigenvalue weighted by molar-refractivity contribution is 5.80. The lowest BCUT2D eigenvalue weighted by Gasteiger charge is -2.00. The summed E-state index contributed by atoms with van der Waals surface area (Å²) in [6.07, 6.45) is 1.35. The summed E-state index contributed by atoms with van der Waals surface area (Å²) in [5.74, 6) is 0. The zero-order valence-corrected chi connectivity index (χ0v) is 12.2.